The first-order chi connectivity index (χ1) is 17.2. The predicted molar refractivity (Wildman–Crippen MR) is 135 cm³/mol. The summed E-state index contributed by atoms with van der Waals surface area (Å²) in [6.07, 6.45) is 7.98. The molecule has 2 aromatic rings. The lowest BCUT2D eigenvalue weighted by Crippen LogP contribution is -2.42. The Kier molecular flexibility index (Phi) is 8.35. The van der Waals surface area contributed by atoms with E-state index in [1.165, 1.54) is 24.3 Å². The van der Waals surface area contributed by atoms with E-state index >= 15 is 0 Å². The van der Waals surface area contributed by atoms with Crippen LogP contribution < -0.4 is 5.84 Å². The lowest BCUT2D eigenvalue weighted by atomic mass is 9.76. The number of alkyl halides is 3. The fourth-order valence-electron chi connectivity index (χ4n) is 5.51. The van der Waals surface area contributed by atoms with E-state index in [4.69, 9.17) is 17.4 Å². The van der Waals surface area contributed by atoms with E-state index in [9.17, 15) is 18.3 Å². The second-order valence-electron chi connectivity index (χ2n) is 9.87. The number of aryl methyl sites for hydroxylation is 1. The summed E-state index contributed by atoms with van der Waals surface area (Å²) in [6.45, 7) is 0. The largest absolute Gasteiger partial charge is 0.421 e. The molecule has 1 unspecified atom stereocenters. The van der Waals surface area contributed by atoms with Crippen molar-refractivity contribution in [2.24, 2.45) is 22.8 Å². The molecule has 1 heterocycles. The molecule has 5 nitrogen and oxygen atoms in total. The lowest BCUT2D eigenvalue weighted by molar-refractivity contribution is -0.269. The zero-order chi connectivity index (χ0) is 25.8. The van der Waals surface area contributed by atoms with Gasteiger partial charge in [-0.15, -0.1) is 0 Å². The molecule has 1 aromatic heterocycles. The van der Waals surface area contributed by atoms with E-state index in [2.05, 4.69) is 27.2 Å². The number of nitrogens with zero attached hydrogens (tertiary/aromatic N) is 3. The first-order valence-corrected chi connectivity index (χ1v) is 12.9. The Morgan fingerprint density at radius 3 is 2.47 bits per heavy atom. The van der Waals surface area contributed by atoms with E-state index in [0.717, 1.165) is 67.6 Å². The fourth-order valence-corrected chi connectivity index (χ4v) is 5.63. The topological polar surface area (TPSA) is 84.4 Å². The summed E-state index contributed by atoms with van der Waals surface area (Å²) < 4.78 is 41.3. The maximum atomic E-state index is 13.8. The molecule has 0 aliphatic heterocycles. The van der Waals surface area contributed by atoms with E-state index in [-0.39, 0.29) is 24.3 Å². The molecule has 36 heavy (non-hydrogen) atoms. The number of aromatic nitrogens is 2. The van der Waals surface area contributed by atoms with Crippen LogP contribution in [0.5, 0.6) is 0 Å². The van der Waals surface area contributed by atoms with Crippen molar-refractivity contribution in [1.29, 1.82) is 0 Å². The predicted octanol–water partition coefficient (Wildman–Crippen LogP) is 6.57. The van der Waals surface area contributed by atoms with Crippen LogP contribution in [0.1, 0.15) is 80.3 Å². The minimum atomic E-state index is -4.76. The van der Waals surface area contributed by atoms with Gasteiger partial charge in [0.15, 0.2) is 5.60 Å². The molecule has 9 heteroatoms. The summed E-state index contributed by atoms with van der Waals surface area (Å²) in [4.78, 5) is 8.89. The molecular formula is C27H32ClF3N4O. The molecule has 1 saturated carbocycles. The Balaban J connectivity index is 1.30. The highest BCUT2D eigenvalue weighted by Crippen LogP contribution is 2.43. The van der Waals surface area contributed by atoms with Gasteiger partial charge in [-0.1, -0.05) is 48.7 Å². The van der Waals surface area contributed by atoms with Gasteiger partial charge in [0.05, 0.1) is 17.1 Å². The number of rotatable bonds is 8. The van der Waals surface area contributed by atoms with Gasteiger partial charge < -0.3 is 10.9 Å². The van der Waals surface area contributed by atoms with Crippen LogP contribution in [0, 0.1) is 11.8 Å². The number of aliphatic hydroxyl groups is 1. The van der Waals surface area contributed by atoms with Crippen LogP contribution in [0.4, 0.5) is 13.2 Å². The van der Waals surface area contributed by atoms with Gasteiger partial charge in [0, 0.05) is 16.5 Å². The van der Waals surface area contributed by atoms with Crippen LogP contribution in [0.15, 0.2) is 41.8 Å². The van der Waals surface area contributed by atoms with Crippen molar-refractivity contribution >= 4 is 23.4 Å². The molecule has 1 atom stereocenters. The van der Waals surface area contributed by atoms with E-state index < -0.39 is 11.8 Å². The molecule has 2 aliphatic rings. The maximum Gasteiger partial charge on any atom is 0.421 e. The molecule has 0 spiro atoms. The Morgan fingerprint density at radius 2 is 1.81 bits per heavy atom. The molecule has 1 aromatic carbocycles. The van der Waals surface area contributed by atoms with Gasteiger partial charge in [0.2, 0.25) is 0 Å². The van der Waals surface area contributed by atoms with E-state index in [1.54, 1.807) is 6.33 Å². The molecule has 4 rings (SSSR count). The molecule has 0 amide bonds. The smallest absolute Gasteiger partial charge is 0.376 e. The van der Waals surface area contributed by atoms with Gasteiger partial charge in [0.1, 0.15) is 6.33 Å². The molecule has 0 saturated heterocycles. The van der Waals surface area contributed by atoms with Crippen molar-refractivity contribution in [3.8, 4) is 0 Å². The Morgan fingerprint density at radius 1 is 1.08 bits per heavy atom. The molecule has 2 aliphatic carbocycles. The van der Waals surface area contributed by atoms with Crippen LogP contribution in [0.3, 0.4) is 0 Å². The van der Waals surface area contributed by atoms with Gasteiger partial charge in [0.25, 0.3) is 0 Å². The zero-order valence-electron chi connectivity index (χ0n) is 20.1. The highest BCUT2D eigenvalue weighted by molar-refractivity contribution is 6.30. The first-order valence-electron chi connectivity index (χ1n) is 12.6. The van der Waals surface area contributed by atoms with Gasteiger partial charge >= 0.3 is 6.18 Å². The number of nitrogens with two attached hydrogens (primary N) is 1. The van der Waals surface area contributed by atoms with Crippen LogP contribution in [-0.4, -0.2) is 27.0 Å². The van der Waals surface area contributed by atoms with Crippen molar-refractivity contribution in [1.82, 2.24) is 9.97 Å². The highest BCUT2D eigenvalue weighted by atomic mass is 35.5. The molecule has 0 radical (unpaired) electrons. The number of hydrogen-bond donors (Lipinski definition) is 2. The Hall–Kier alpha value is -2.45. The molecular weight excluding hydrogens is 489 g/mol. The molecule has 3 N–H and O–H groups in total. The van der Waals surface area contributed by atoms with Gasteiger partial charge in [-0.3, -0.25) is 0 Å². The number of benzene rings is 1. The zero-order valence-corrected chi connectivity index (χ0v) is 20.9. The first kappa shape index (κ1) is 26.6. The van der Waals surface area contributed by atoms with Crippen molar-refractivity contribution in [3.63, 3.8) is 0 Å². The lowest BCUT2D eigenvalue weighted by Gasteiger charge is -2.32. The number of fused-ring (bicyclic) bond motifs is 1. The summed E-state index contributed by atoms with van der Waals surface area (Å²) in [5.41, 5.74) is 0.623. The van der Waals surface area contributed by atoms with Crippen LogP contribution in [-0.2, 0) is 12.0 Å². The van der Waals surface area contributed by atoms with Crippen molar-refractivity contribution < 1.29 is 18.3 Å². The normalized spacial score (nSPS) is 22.2. The second kappa shape index (κ2) is 11.3. The number of unbranched alkanes of at least 4 members (excludes halogenated alkanes) is 1. The monoisotopic (exact) mass is 520 g/mol. The second-order valence-corrected chi connectivity index (χ2v) is 10.3. The van der Waals surface area contributed by atoms with Gasteiger partial charge in [-0.25, -0.2) is 9.97 Å². The third-order valence-electron chi connectivity index (χ3n) is 7.61. The Labute approximate surface area is 214 Å². The van der Waals surface area contributed by atoms with Crippen LogP contribution in [0.25, 0.3) is 6.08 Å². The third kappa shape index (κ3) is 5.75. The van der Waals surface area contributed by atoms with Crippen molar-refractivity contribution in [2.75, 3.05) is 0 Å². The average Bonchev–Trinajstić information content (AvgIpc) is 2.87. The number of allylic oxidation sites excluding steroid dienone is 1. The maximum absolute atomic E-state index is 13.8. The van der Waals surface area contributed by atoms with E-state index in [1.807, 2.05) is 0 Å². The summed E-state index contributed by atoms with van der Waals surface area (Å²) in [5.74, 6) is 6.46. The summed E-state index contributed by atoms with van der Waals surface area (Å²) in [7, 11) is 0. The number of hydrazone groups is 1. The van der Waals surface area contributed by atoms with Gasteiger partial charge in [-0.2, -0.15) is 18.3 Å². The van der Waals surface area contributed by atoms with Gasteiger partial charge in [-0.05, 0) is 75.0 Å². The molecule has 0 bridgehead atoms. The quantitative estimate of drug-likeness (QED) is 0.178. The Bertz CT molecular complexity index is 1100. The number of halogens is 4. The fraction of sp³-hybridized carbons (Fsp3) is 0.519. The molecule has 1 fully saturated rings. The SMILES string of the molecule is N/N=C(\c1ncnc2c1C=CCC2)C1CCC(CCCCC(O)(c2ccc(Cl)cc2)C(F)(F)F)CC1. The van der Waals surface area contributed by atoms with E-state index in [0.29, 0.717) is 17.4 Å². The summed E-state index contributed by atoms with van der Waals surface area (Å²) >= 11 is 5.81. The van der Waals surface area contributed by atoms with Crippen LogP contribution >= 0.6 is 11.6 Å². The molecule has 194 valence electrons. The standard InChI is InChI=1S/C27H32ClF3N4O/c28-21-14-12-20(13-15-21)26(36,27(29,30)31)16-4-3-5-18-8-10-19(11-9-18)24(35-32)25-22-6-1-2-7-23(22)33-17-34-25/h1,6,12-15,17-19,36H,2-5,7-11,16,32H2/b35-24-. The summed E-state index contributed by atoms with van der Waals surface area (Å²) in [6, 6.07) is 5.24. The van der Waals surface area contributed by atoms with Crippen molar-refractivity contribution in [2.45, 2.75) is 76.0 Å². The highest BCUT2D eigenvalue weighted by Gasteiger charge is 2.54. The number of hydrogen-bond acceptors (Lipinski definition) is 5. The average molecular weight is 521 g/mol. The third-order valence-corrected chi connectivity index (χ3v) is 7.86. The minimum absolute atomic E-state index is 0.171. The van der Waals surface area contributed by atoms with Crippen LogP contribution in [0.2, 0.25) is 5.02 Å². The van der Waals surface area contributed by atoms with Crippen molar-refractivity contribution in [3.05, 3.63) is 64.2 Å². The summed E-state index contributed by atoms with van der Waals surface area (Å²) in [5, 5.41) is 15.0. The minimum Gasteiger partial charge on any atom is -0.376 e.